The first-order valence-corrected chi connectivity index (χ1v) is 10.2. The fraction of sp³-hybridized carbons (Fsp3) is 0.381. The van der Waals surface area contributed by atoms with Crippen LogP contribution in [0.15, 0.2) is 35.5 Å². The van der Waals surface area contributed by atoms with Crippen molar-refractivity contribution in [1.29, 1.82) is 0 Å². The van der Waals surface area contributed by atoms with Gasteiger partial charge >= 0.3 is 0 Å². The summed E-state index contributed by atoms with van der Waals surface area (Å²) in [5.74, 6) is -1.96. The first-order valence-electron chi connectivity index (χ1n) is 9.35. The van der Waals surface area contributed by atoms with Crippen molar-refractivity contribution in [3.05, 3.63) is 40.9 Å². The smallest absolute Gasteiger partial charge is 0.248 e. The number of halogens is 2. The second-order valence-corrected chi connectivity index (χ2v) is 8.82. The van der Waals surface area contributed by atoms with Crippen molar-refractivity contribution in [2.75, 3.05) is 5.73 Å². The van der Waals surface area contributed by atoms with Gasteiger partial charge in [0, 0.05) is 52.7 Å². The van der Waals surface area contributed by atoms with E-state index in [2.05, 4.69) is 16.0 Å². The molecule has 3 aromatic rings. The molecule has 3 aromatic heterocycles. The molecule has 4 rings (SSSR count). The summed E-state index contributed by atoms with van der Waals surface area (Å²) in [4.78, 5) is 15.4. The molecule has 3 heterocycles. The van der Waals surface area contributed by atoms with Gasteiger partial charge < -0.3 is 5.73 Å². The van der Waals surface area contributed by atoms with Crippen molar-refractivity contribution in [1.82, 2.24) is 9.97 Å². The van der Waals surface area contributed by atoms with Crippen molar-refractivity contribution in [3.8, 4) is 11.3 Å². The van der Waals surface area contributed by atoms with Gasteiger partial charge in [-0.2, -0.15) is 0 Å². The Kier molecular flexibility index (Phi) is 4.87. The van der Waals surface area contributed by atoms with Gasteiger partial charge in [0.2, 0.25) is 5.92 Å². The Bertz CT molecular complexity index is 1030. The lowest BCUT2D eigenvalue weighted by Gasteiger charge is -2.34. The van der Waals surface area contributed by atoms with Crippen LogP contribution in [0, 0.1) is 5.92 Å². The van der Waals surface area contributed by atoms with Crippen LogP contribution in [-0.2, 0) is 6.42 Å². The summed E-state index contributed by atoms with van der Waals surface area (Å²) in [7, 11) is 0. The molecular formula is C21H22F2N4S. The van der Waals surface area contributed by atoms with E-state index in [1.807, 2.05) is 32.0 Å². The van der Waals surface area contributed by atoms with E-state index in [1.165, 1.54) is 0 Å². The van der Waals surface area contributed by atoms with Crippen molar-refractivity contribution in [3.63, 3.8) is 0 Å². The Balaban J connectivity index is 1.58. The van der Waals surface area contributed by atoms with E-state index in [-0.39, 0.29) is 24.8 Å². The molecule has 0 unspecified atom stereocenters. The molecule has 2 N–H and O–H groups in total. The van der Waals surface area contributed by atoms with Crippen molar-refractivity contribution < 1.29 is 8.78 Å². The zero-order valence-corrected chi connectivity index (χ0v) is 16.6. The first kappa shape index (κ1) is 18.9. The molecular weight excluding hydrogens is 378 g/mol. The molecule has 0 spiro atoms. The highest BCUT2D eigenvalue weighted by molar-refractivity contribution is 7.18. The summed E-state index contributed by atoms with van der Waals surface area (Å²) in [5, 5.41) is 1.04. The third-order valence-electron chi connectivity index (χ3n) is 4.86. The molecule has 0 amide bonds. The normalized spacial score (nSPS) is 16.9. The van der Waals surface area contributed by atoms with Gasteiger partial charge in [-0.05, 0) is 50.5 Å². The number of aliphatic imine (C=N–C) groups is 1. The zero-order valence-electron chi connectivity index (χ0n) is 15.8. The van der Waals surface area contributed by atoms with Crippen LogP contribution in [0.1, 0.15) is 37.1 Å². The molecule has 0 aliphatic heterocycles. The number of alkyl halides is 2. The van der Waals surface area contributed by atoms with E-state index in [4.69, 9.17) is 10.7 Å². The monoisotopic (exact) mass is 400 g/mol. The average molecular weight is 400 g/mol. The van der Waals surface area contributed by atoms with Crippen LogP contribution in [0.3, 0.4) is 0 Å². The lowest BCUT2D eigenvalue weighted by molar-refractivity contribution is -0.109. The Morgan fingerprint density at radius 1 is 1.32 bits per heavy atom. The zero-order chi connectivity index (χ0) is 19.9. The second-order valence-electron chi connectivity index (χ2n) is 7.71. The van der Waals surface area contributed by atoms with Gasteiger partial charge in [-0.3, -0.25) is 4.99 Å². The minimum atomic E-state index is -2.47. The number of aromatic nitrogens is 2. The van der Waals surface area contributed by atoms with Crippen molar-refractivity contribution in [2.45, 2.75) is 45.1 Å². The van der Waals surface area contributed by atoms with Crippen LogP contribution in [0.25, 0.3) is 21.5 Å². The van der Waals surface area contributed by atoms with Gasteiger partial charge in [0.15, 0.2) is 0 Å². The van der Waals surface area contributed by atoms with Crippen LogP contribution in [0.5, 0.6) is 0 Å². The number of rotatable bonds is 5. The molecule has 0 atom stereocenters. The molecule has 1 aliphatic rings. The molecule has 4 nitrogen and oxygen atoms in total. The number of hydrogen-bond acceptors (Lipinski definition) is 5. The SMILES string of the molecule is CC(C)N=Cc1cc(-c2ccc3cc(CC4CC(F)(F)C4)sc3n2)cnc1N. The predicted molar refractivity (Wildman–Crippen MR) is 111 cm³/mol. The third kappa shape index (κ3) is 4.04. The fourth-order valence-electron chi connectivity index (χ4n) is 3.41. The number of nitrogens with two attached hydrogens (primary N) is 1. The number of nitrogens with zero attached hydrogens (tertiary/aromatic N) is 3. The number of pyridine rings is 2. The number of fused-ring (bicyclic) bond motifs is 1. The number of anilines is 1. The van der Waals surface area contributed by atoms with E-state index >= 15 is 0 Å². The maximum Gasteiger partial charge on any atom is 0.248 e. The first-order chi connectivity index (χ1) is 13.3. The minimum Gasteiger partial charge on any atom is -0.383 e. The van der Waals surface area contributed by atoms with Gasteiger partial charge in [-0.25, -0.2) is 18.7 Å². The van der Waals surface area contributed by atoms with Crippen LogP contribution in [0.4, 0.5) is 14.6 Å². The standard InChI is InChI=1S/C21H22F2N4S/c1-12(2)25-11-16-6-15(10-26-19(16)24)18-4-3-14-7-17(28-20(14)27-18)5-13-8-21(22,23)9-13/h3-4,6-7,10-13H,5,8-9H2,1-2H3,(H2,24,26). The van der Waals surface area contributed by atoms with Gasteiger partial charge in [0.1, 0.15) is 10.6 Å². The minimum absolute atomic E-state index is 0.00224. The number of hydrogen-bond donors (Lipinski definition) is 1. The Morgan fingerprint density at radius 3 is 2.82 bits per heavy atom. The largest absolute Gasteiger partial charge is 0.383 e. The topological polar surface area (TPSA) is 64.2 Å². The van der Waals surface area contributed by atoms with Crippen LogP contribution in [0.2, 0.25) is 0 Å². The highest BCUT2D eigenvalue weighted by Gasteiger charge is 2.45. The Morgan fingerprint density at radius 2 is 2.11 bits per heavy atom. The molecule has 0 bridgehead atoms. The van der Waals surface area contributed by atoms with Crippen molar-refractivity contribution in [2.24, 2.45) is 10.9 Å². The highest BCUT2D eigenvalue weighted by Crippen LogP contribution is 2.44. The lowest BCUT2D eigenvalue weighted by Crippen LogP contribution is -2.36. The molecule has 146 valence electrons. The van der Waals surface area contributed by atoms with Gasteiger partial charge in [-0.1, -0.05) is 0 Å². The summed E-state index contributed by atoms with van der Waals surface area (Å²) < 4.78 is 26.1. The summed E-state index contributed by atoms with van der Waals surface area (Å²) >= 11 is 1.58. The van der Waals surface area contributed by atoms with E-state index in [0.717, 1.165) is 31.9 Å². The average Bonchev–Trinajstić information content (AvgIpc) is 3.00. The molecule has 0 radical (unpaired) electrons. The fourth-order valence-corrected chi connectivity index (χ4v) is 4.55. The van der Waals surface area contributed by atoms with E-state index in [1.54, 1.807) is 23.7 Å². The molecule has 0 saturated heterocycles. The van der Waals surface area contributed by atoms with Gasteiger partial charge in [0.25, 0.3) is 0 Å². The van der Waals surface area contributed by atoms with Crippen LogP contribution < -0.4 is 5.73 Å². The molecule has 1 saturated carbocycles. The van der Waals surface area contributed by atoms with E-state index in [9.17, 15) is 8.78 Å². The molecule has 28 heavy (non-hydrogen) atoms. The highest BCUT2D eigenvalue weighted by atomic mass is 32.1. The van der Waals surface area contributed by atoms with Crippen molar-refractivity contribution >= 4 is 33.6 Å². The third-order valence-corrected chi connectivity index (χ3v) is 5.92. The summed E-state index contributed by atoms with van der Waals surface area (Å²) in [6, 6.07) is 8.15. The summed E-state index contributed by atoms with van der Waals surface area (Å²) in [6.07, 6.45) is 4.15. The van der Waals surface area contributed by atoms with Crippen LogP contribution >= 0.6 is 11.3 Å². The Hall–Kier alpha value is -2.41. The maximum absolute atomic E-state index is 13.1. The van der Waals surface area contributed by atoms with E-state index < -0.39 is 5.92 Å². The van der Waals surface area contributed by atoms with Gasteiger partial charge in [-0.15, -0.1) is 11.3 Å². The van der Waals surface area contributed by atoms with Crippen LogP contribution in [-0.4, -0.2) is 28.1 Å². The van der Waals surface area contributed by atoms with E-state index in [0.29, 0.717) is 12.2 Å². The molecule has 7 heteroatoms. The number of thiophene rings is 1. The molecule has 1 aliphatic carbocycles. The summed E-state index contributed by atoms with van der Waals surface area (Å²) in [5.41, 5.74) is 8.41. The summed E-state index contributed by atoms with van der Waals surface area (Å²) in [6.45, 7) is 4.00. The Labute approximate surface area is 166 Å². The lowest BCUT2D eigenvalue weighted by atomic mass is 9.79. The predicted octanol–water partition coefficient (Wildman–Crippen LogP) is 5.36. The second kappa shape index (κ2) is 7.20. The number of nitrogen functional groups attached to an aromatic ring is 1. The van der Waals surface area contributed by atoms with Gasteiger partial charge in [0.05, 0.1) is 5.69 Å². The quantitative estimate of drug-likeness (QED) is 0.587. The molecule has 1 fully saturated rings. The maximum atomic E-state index is 13.1. The molecule has 0 aromatic carbocycles.